The van der Waals surface area contributed by atoms with Gasteiger partial charge in [0.05, 0.1) is 13.4 Å². The molecular weight excluding hydrogens is 330 g/mol. The van der Waals surface area contributed by atoms with Crippen LogP contribution >= 0.6 is 0 Å². The third-order valence-electron chi connectivity index (χ3n) is 4.48. The number of benzene rings is 1. The molecule has 0 bridgehead atoms. The first-order chi connectivity index (χ1) is 12.7. The summed E-state index contributed by atoms with van der Waals surface area (Å²) in [4.78, 5) is 16.5. The van der Waals surface area contributed by atoms with E-state index >= 15 is 0 Å². The van der Waals surface area contributed by atoms with E-state index in [4.69, 9.17) is 9.15 Å². The molecule has 0 unspecified atom stereocenters. The Morgan fingerprint density at radius 1 is 1.19 bits per heavy atom. The van der Waals surface area contributed by atoms with Crippen LogP contribution in [0.5, 0.6) is 5.75 Å². The molecule has 1 fully saturated rings. The minimum absolute atomic E-state index is 0.0988. The first-order valence-electron chi connectivity index (χ1n) is 8.85. The van der Waals surface area contributed by atoms with Crippen LogP contribution in [0.15, 0.2) is 53.2 Å². The first-order valence-corrected chi connectivity index (χ1v) is 8.85. The van der Waals surface area contributed by atoms with E-state index in [2.05, 4.69) is 27.2 Å². The zero-order chi connectivity index (χ0) is 18.2. The van der Waals surface area contributed by atoms with Crippen molar-refractivity contribution in [3.63, 3.8) is 0 Å². The van der Waals surface area contributed by atoms with Gasteiger partial charge >= 0.3 is 0 Å². The molecule has 1 N–H and O–H groups in total. The van der Waals surface area contributed by atoms with Gasteiger partial charge in [0.25, 0.3) is 0 Å². The Balaban J connectivity index is 1.35. The average molecular weight is 355 g/mol. The molecule has 0 atom stereocenters. The number of hydrogen-bond acceptors (Lipinski definition) is 5. The van der Waals surface area contributed by atoms with Gasteiger partial charge in [0, 0.05) is 51.0 Å². The molecule has 3 rings (SSSR count). The highest BCUT2D eigenvalue weighted by Crippen LogP contribution is 2.20. The zero-order valence-electron chi connectivity index (χ0n) is 15.1. The molecule has 138 valence electrons. The number of amides is 1. The van der Waals surface area contributed by atoms with Crippen molar-refractivity contribution in [2.45, 2.75) is 0 Å². The summed E-state index contributed by atoms with van der Waals surface area (Å²) in [6.07, 6.45) is 4.76. The molecule has 2 heterocycles. The molecule has 1 aromatic heterocycles. The molecule has 0 saturated carbocycles. The molecule has 1 aromatic carbocycles. The van der Waals surface area contributed by atoms with Crippen LogP contribution in [-0.2, 0) is 4.79 Å². The van der Waals surface area contributed by atoms with Crippen molar-refractivity contribution in [1.82, 2.24) is 10.2 Å². The SMILES string of the molecule is COc1ccc(N2CCN(CCNC(=O)/C=C/c3ccco3)CC2)cc1. The molecular formula is C20H25N3O3. The quantitative estimate of drug-likeness (QED) is 0.772. The van der Waals surface area contributed by atoms with Gasteiger partial charge in [0.2, 0.25) is 5.91 Å². The lowest BCUT2D eigenvalue weighted by molar-refractivity contribution is -0.116. The average Bonchev–Trinajstić information content (AvgIpc) is 3.21. The second kappa shape index (κ2) is 9.10. The predicted octanol–water partition coefficient (Wildman–Crippen LogP) is 2.24. The summed E-state index contributed by atoms with van der Waals surface area (Å²) in [6.45, 7) is 5.45. The van der Waals surface area contributed by atoms with E-state index in [-0.39, 0.29) is 5.91 Å². The van der Waals surface area contributed by atoms with Gasteiger partial charge in [-0.1, -0.05) is 0 Å². The van der Waals surface area contributed by atoms with Crippen LogP contribution in [0, 0.1) is 0 Å². The third-order valence-corrected chi connectivity index (χ3v) is 4.48. The molecule has 26 heavy (non-hydrogen) atoms. The van der Waals surface area contributed by atoms with Gasteiger partial charge < -0.3 is 19.4 Å². The van der Waals surface area contributed by atoms with Crippen molar-refractivity contribution in [3.8, 4) is 5.75 Å². The fourth-order valence-corrected chi connectivity index (χ4v) is 2.96. The zero-order valence-corrected chi connectivity index (χ0v) is 15.1. The molecule has 2 aromatic rings. The van der Waals surface area contributed by atoms with Gasteiger partial charge in [0.1, 0.15) is 11.5 Å². The number of rotatable bonds is 7. The minimum atomic E-state index is -0.0988. The van der Waals surface area contributed by atoms with E-state index < -0.39 is 0 Å². The van der Waals surface area contributed by atoms with Crippen molar-refractivity contribution >= 4 is 17.7 Å². The monoisotopic (exact) mass is 355 g/mol. The lowest BCUT2D eigenvalue weighted by Gasteiger charge is -2.36. The summed E-state index contributed by atoms with van der Waals surface area (Å²) in [5.74, 6) is 1.46. The Kier molecular flexibility index (Phi) is 6.33. The lowest BCUT2D eigenvalue weighted by Crippen LogP contribution is -2.48. The molecule has 1 saturated heterocycles. The van der Waals surface area contributed by atoms with Crippen molar-refractivity contribution in [2.75, 3.05) is 51.3 Å². The summed E-state index contributed by atoms with van der Waals surface area (Å²) >= 11 is 0. The third kappa shape index (κ3) is 5.13. The van der Waals surface area contributed by atoms with Gasteiger partial charge in [-0.2, -0.15) is 0 Å². The maximum absolute atomic E-state index is 11.8. The molecule has 1 aliphatic rings. The van der Waals surface area contributed by atoms with Gasteiger partial charge in [-0.25, -0.2) is 0 Å². The fraction of sp³-hybridized carbons (Fsp3) is 0.350. The summed E-state index contributed by atoms with van der Waals surface area (Å²) in [5.41, 5.74) is 1.22. The second-order valence-electron chi connectivity index (χ2n) is 6.17. The van der Waals surface area contributed by atoms with E-state index in [1.54, 1.807) is 25.5 Å². The number of anilines is 1. The van der Waals surface area contributed by atoms with Crippen molar-refractivity contribution in [2.24, 2.45) is 0 Å². The number of carbonyl (C=O) groups excluding carboxylic acids is 1. The Bertz CT molecular complexity index is 702. The van der Waals surface area contributed by atoms with Gasteiger partial charge in [-0.15, -0.1) is 0 Å². The number of nitrogens with one attached hydrogen (secondary N) is 1. The minimum Gasteiger partial charge on any atom is -0.497 e. The molecule has 1 amide bonds. The van der Waals surface area contributed by atoms with Crippen LogP contribution in [0.4, 0.5) is 5.69 Å². The van der Waals surface area contributed by atoms with Crippen LogP contribution < -0.4 is 15.0 Å². The van der Waals surface area contributed by atoms with Crippen LogP contribution in [0.1, 0.15) is 5.76 Å². The summed E-state index contributed by atoms with van der Waals surface area (Å²) in [6, 6.07) is 11.8. The Labute approximate surface area is 154 Å². The smallest absolute Gasteiger partial charge is 0.244 e. The lowest BCUT2D eigenvalue weighted by atomic mass is 10.2. The Hall–Kier alpha value is -2.73. The number of ether oxygens (including phenoxy) is 1. The van der Waals surface area contributed by atoms with Crippen LogP contribution in [0.25, 0.3) is 6.08 Å². The number of piperazine rings is 1. The molecule has 0 aliphatic carbocycles. The largest absolute Gasteiger partial charge is 0.497 e. The van der Waals surface area contributed by atoms with E-state index in [0.29, 0.717) is 12.3 Å². The van der Waals surface area contributed by atoms with Crippen LogP contribution in [-0.4, -0.2) is 57.2 Å². The number of furan rings is 1. The van der Waals surface area contributed by atoms with Gasteiger partial charge in [0.15, 0.2) is 0 Å². The maximum Gasteiger partial charge on any atom is 0.244 e. The molecule has 6 nitrogen and oxygen atoms in total. The highest BCUT2D eigenvalue weighted by molar-refractivity contribution is 5.91. The van der Waals surface area contributed by atoms with E-state index in [1.165, 1.54) is 11.8 Å². The summed E-state index contributed by atoms with van der Waals surface area (Å²) in [7, 11) is 1.68. The first kappa shape index (κ1) is 18.1. The molecule has 6 heteroatoms. The Morgan fingerprint density at radius 2 is 1.96 bits per heavy atom. The second-order valence-corrected chi connectivity index (χ2v) is 6.17. The standard InChI is InChI=1S/C20H25N3O3/c1-25-18-6-4-17(5-7-18)23-14-12-22(13-15-23)11-10-21-20(24)9-8-19-3-2-16-26-19/h2-9,16H,10-15H2,1H3,(H,21,24)/b9-8+. The molecule has 0 radical (unpaired) electrons. The normalized spacial score (nSPS) is 15.3. The summed E-state index contributed by atoms with van der Waals surface area (Å²) < 4.78 is 10.4. The highest BCUT2D eigenvalue weighted by atomic mass is 16.5. The van der Waals surface area contributed by atoms with Crippen molar-refractivity contribution < 1.29 is 13.9 Å². The van der Waals surface area contributed by atoms with Crippen LogP contribution in [0.2, 0.25) is 0 Å². The molecule has 1 aliphatic heterocycles. The van der Waals surface area contributed by atoms with Crippen molar-refractivity contribution in [1.29, 1.82) is 0 Å². The van der Waals surface area contributed by atoms with E-state index in [9.17, 15) is 4.79 Å². The number of hydrogen-bond donors (Lipinski definition) is 1. The number of methoxy groups -OCH3 is 1. The summed E-state index contributed by atoms with van der Waals surface area (Å²) in [5, 5.41) is 2.91. The highest BCUT2D eigenvalue weighted by Gasteiger charge is 2.16. The number of carbonyl (C=O) groups is 1. The maximum atomic E-state index is 11.8. The molecule has 0 spiro atoms. The Morgan fingerprint density at radius 3 is 2.62 bits per heavy atom. The van der Waals surface area contributed by atoms with Crippen LogP contribution in [0.3, 0.4) is 0 Å². The van der Waals surface area contributed by atoms with Crippen molar-refractivity contribution in [3.05, 3.63) is 54.5 Å². The number of nitrogens with zero attached hydrogens (tertiary/aromatic N) is 2. The fourth-order valence-electron chi connectivity index (χ4n) is 2.96. The van der Waals surface area contributed by atoms with E-state index in [1.807, 2.05) is 18.2 Å². The van der Waals surface area contributed by atoms with Gasteiger partial charge in [-0.05, 0) is 42.5 Å². The predicted molar refractivity (Wildman–Crippen MR) is 102 cm³/mol. The van der Waals surface area contributed by atoms with E-state index in [0.717, 1.165) is 38.5 Å². The topological polar surface area (TPSA) is 58.0 Å². The van der Waals surface area contributed by atoms with Gasteiger partial charge in [-0.3, -0.25) is 9.69 Å².